The number of nitrogens with one attached hydrogen (secondary N) is 2. The predicted octanol–water partition coefficient (Wildman–Crippen LogP) is 3.39. The Hall–Kier alpha value is -2.25. The number of rotatable bonds is 7. The second-order valence-corrected chi connectivity index (χ2v) is 6.05. The molecule has 0 aliphatic heterocycles. The summed E-state index contributed by atoms with van der Waals surface area (Å²) in [6.45, 7) is 6.10. The number of benzene rings is 1. The molecule has 5 nitrogen and oxygen atoms in total. The molecule has 0 unspecified atom stereocenters. The first-order valence-corrected chi connectivity index (χ1v) is 7.92. The molecular weight excluding hydrogens is 337 g/mol. The molecule has 0 aromatic heterocycles. The van der Waals surface area contributed by atoms with Gasteiger partial charge in [0.25, 0.3) is 0 Å². The standard InChI is InChI=1S/C17H23F3N2O3/c1-5-25-15(24)16(17(18,19)20,22-14(23)10-11(2)3)21-13-9-7-6-8-12(13)4/h6-9,11,21H,5,10H2,1-4H3,(H,22,23)/t16-/m0/s1. The zero-order valence-electron chi connectivity index (χ0n) is 14.7. The van der Waals surface area contributed by atoms with E-state index in [1.54, 1.807) is 32.9 Å². The van der Waals surface area contributed by atoms with Crippen LogP contribution in [0.2, 0.25) is 0 Å². The second-order valence-electron chi connectivity index (χ2n) is 6.05. The summed E-state index contributed by atoms with van der Waals surface area (Å²) in [6, 6.07) is 6.16. The van der Waals surface area contributed by atoms with Gasteiger partial charge in [0, 0.05) is 12.1 Å². The second kappa shape index (κ2) is 8.22. The van der Waals surface area contributed by atoms with Crippen LogP contribution in [0.3, 0.4) is 0 Å². The summed E-state index contributed by atoms with van der Waals surface area (Å²) in [5, 5.41) is 3.97. The molecule has 1 amide bonds. The zero-order valence-corrected chi connectivity index (χ0v) is 14.7. The monoisotopic (exact) mass is 360 g/mol. The number of ether oxygens (including phenoxy) is 1. The van der Waals surface area contributed by atoms with Crippen LogP contribution < -0.4 is 10.6 Å². The third-order valence-electron chi connectivity index (χ3n) is 3.39. The van der Waals surface area contributed by atoms with Crippen molar-refractivity contribution in [3.63, 3.8) is 0 Å². The fourth-order valence-corrected chi connectivity index (χ4v) is 2.18. The zero-order chi connectivity index (χ0) is 19.3. The van der Waals surface area contributed by atoms with E-state index in [1.165, 1.54) is 19.1 Å². The molecule has 0 aliphatic carbocycles. The molecule has 2 N–H and O–H groups in total. The molecular formula is C17H23F3N2O3. The lowest BCUT2D eigenvalue weighted by Crippen LogP contribution is -2.69. The summed E-state index contributed by atoms with van der Waals surface area (Å²) < 4.78 is 46.3. The fourth-order valence-electron chi connectivity index (χ4n) is 2.18. The quantitative estimate of drug-likeness (QED) is 0.578. The van der Waals surface area contributed by atoms with Gasteiger partial charge in [-0.1, -0.05) is 32.0 Å². The van der Waals surface area contributed by atoms with Crippen LogP contribution in [-0.2, 0) is 14.3 Å². The minimum Gasteiger partial charge on any atom is -0.463 e. The minimum atomic E-state index is -5.12. The molecule has 0 spiro atoms. The van der Waals surface area contributed by atoms with Crippen molar-refractivity contribution in [3.05, 3.63) is 29.8 Å². The largest absolute Gasteiger partial charge is 0.463 e. The van der Waals surface area contributed by atoms with Crippen molar-refractivity contribution in [1.82, 2.24) is 5.32 Å². The van der Waals surface area contributed by atoms with Gasteiger partial charge in [-0.2, -0.15) is 13.2 Å². The Morgan fingerprint density at radius 3 is 2.28 bits per heavy atom. The lowest BCUT2D eigenvalue weighted by molar-refractivity contribution is -0.208. The van der Waals surface area contributed by atoms with E-state index >= 15 is 0 Å². The van der Waals surface area contributed by atoms with Crippen LogP contribution in [0.5, 0.6) is 0 Å². The molecule has 0 bridgehead atoms. The highest BCUT2D eigenvalue weighted by atomic mass is 19.4. The molecule has 0 aliphatic rings. The number of carbonyl (C=O) groups excluding carboxylic acids is 2. The maximum Gasteiger partial charge on any atom is 0.441 e. The number of amides is 1. The van der Waals surface area contributed by atoms with Gasteiger partial charge in [0.15, 0.2) is 0 Å². The van der Waals surface area contributed by atoms with Crippen LogP contribution in [0.15, 0.2) is 24.3 Å². The Kier molecular flexibility index (Phi) is 6.84. The Morgan fingerprint density at radius 2 is 1.80 bits per heavy atom. The summed E-state index contributed by atoms with van der Waals surface area (Å²) in [5.74, 6) is -2.68. The van der Waals surface area contributed by atoms with Crippen LogP contribution >= 0.6 is 0 Å². The molecule has 0 saturated carbocycles. The van der Waals surface area contributed by atoms with E-state index in [9.17, 15) is 22.8 Å². The number of aryl methyl sites for hydroxylation is 1. The Morgan fingerprint density at radius 1 is 1.20 bits per heavy atom. The molecule has 0 radical (unpaired) electrons. The van der Waals surface area contributed by atoms with Crippen LogP contribution in [0.1, 0.15) is 32.8 Å². The average Bonchev–Trinajstić information content (AvgIpc) is 2.46. The number of para-hydroxylation sites is 1. The molecule has 25 heavy (non-hydrogen) atoms. The van der Waals surface area contributed by atoms with Gasteiger partial charge in [0.05, 0.1) is 6.61 Å². The number of carbonyl (C=O) groups is 2. The van der Waals surface area contributed by atoms with Gasteiger partial charge in [-0.15, -0.1) is 0 Å². The van der Waals surface area contributed by atoms with Crippen LogP contribution in [-0.4, -0.2) is 30.3 Å². The third-order valence-corrected chi connectivity index (χ3v) is 3.39. The number of esters is 1. The van der Waals surface area contributed by atoms with Crippen LogP contribution in [0.4, 0.5) is 18.9 Å². The molecule has 1 rings (SSSR count). The summed E-state index contributed by atoms with van der Waals surface area (Å²) in [4.78, 5) is 24.3. The van der Waals surface area contributed by atoms with E-state index in [1.807, 2.05) is 5.32 Å². The van der Waals surface area contributed by atoms with Gasteiger partial charge in [0.1, 0.15) is 0 Å². The first-order valence-electron chi connectivity index (χ1n) is 7.92. The van der Waals surface area contributed by atoms with Gasteiger partial charge >= 0.3 is 17.8 Å². The summed E-state index contributed by atoms with van der Waals surface area (Å²) in [6.07, 6.45) is -5.28. The van der Waals surface area contributed by atoms with E-state index in [-0.39, 0.29) is 24.6 Å². The third kappa shape index (κ3) is 5.11. The molecule has 0 fully saturated rings. The Bertz CT molecular complexity index is 617. The van der Waals surface area contributed by atoms with Crippen molar-refractivity contribution >= 4 is 17.6 Å². The highest BCUT2D eigenvalue weighted by Gasteiger charge is 2.63. The van der Waals surface area contributed by atoms with E-state index in [0.29, 0.717) is 5.56 Å². The number of hydrogen-bond acceptors (Lipinski definition) is 4. The lowest BCUT2D eigenvalue weighted by atomic mass is 10.1. The van der Waals surface area contributed by atoms with E-state index in [4.69, 9.17) is 0 Å². The van der Waals surface area contributed by atoms with E-state index < -0.39 is 23.7 Å². The molecule has 1 aromatic rings. The highest BCUT2D eigenvalue weighted by Crippen LogP contribution is 2.34. The summed E-state index contributed by atoms with van der Waals surface area (Å²) >= 11 is 0. The molecule has 0 saturated heterocycles. The van der Waals surface area contributed by atoms with Crippen molar-refractivity contribution in [2.24, 2.45) is 5.92 Å². The maximum absolute atomic E-state index is 13.9. The smallest absolute Gasteiger partial charge is 0.441 e. The highest BCUT2D eigenvalue weighted by molar-refractivity contribution is 5.91. The predicted molar refractivity (Wildman–Crippen MR) is 87.8 cm³/mol. The first-order chi connectivity index (χ1) is 11.5. The van der Waals surface area contributed by atoms with Gasteiger partial charge in [-0.3, -0.25) is 4.79 Å². The molecule has 140 valence electrons. The SMILES string of the molecule is CCOC(=O)[C@@](NC(=O)CC(C)C)(Nc1ccccc1C)C(F)(F)F. The average molecular weight is 360 g/mol. The van der Waals surface area contributed by atoms with Crippen molar-refractivity contribution in [3.8, 4) is 0 Å². The molecule has 0 heterocycles. The first kappa shape index (κ1) is 20.8. The normalized spacial score (nSPS) is 13.9. The van der Waals surface area contributed by atoms with E-state index in [2.05, 4.69) is 10.1 Å². The van der Waals surface area contributed by atoms with Crippen LogP contribution in [0.25, 0.3) is 0 Å². The van der Waals surface area contributed by atoms with Crippen molar-refractivity contribution in [2.45, 2.75) is 46.0 Å². The van der Waals surface area contributed by atoms with Crippen molar-refractivity contribution in [1.29, 1.82) is 0 Å². The fraction of sp³-hybridized carbons (Fsp3) is 0.529. The lowest BCUT2D eigenvalue weighted by Gasteiger charge is -2.36. The van der Waals surface area contributed by atoms with Crippen molar-refractivity contribution in [2.75, 3.05) is 11.9 Å². The maximum atomic E-state index is 13.9. The summed E-state index contributed by atoms with van der Waals surface area (Å²) in [5.41, 5.74) is -2.81. The molecule has 8 heteroatoms. The number of hydrogen-bond donors (Lipinski definition) is 2. The number of anilines is 1. The topological polar surface area (TPSA) is 67.4 Å². The minimum absolute atomic E-state index is 0.0673. The van der Waals surface area contributed by atoms with Gasteiger partial charge in [0.2, 0.25) is 5.91 Å². The molecule has 1 atom stereocenters. The number of alkyl halides is 3. The van der Waals surface area contributed by atoms with Crippen LogP contribution in [0, 0.1) is 12.8 Å². The number of halogens is 3. The van der Waals surface area contributed by atoms with Gasteiger partial charge in [-0.05, 0) is 31.4 Å². The Labute approximate surface area is 144 Å². The van der Waals surface area contributed by atoms with Gasteiger partial charge in [-0.25, -0.2) is 4.79 Å². The molecule has 1 aromatic carbocycles. The van der Waals surface area contributed by atoms with Gasteiger partial charge < -0.3 is 15.4 Å². The summed E-state index contributed by atoms with van der Waals surface area (Å²) in [7, 11) is 0. The Balaban J connectivity index is 3.37. The van der Waals surface area contributed by atoms with E-state index in [0.717, 1.165) is 0 Å². The van der Waals surface area contributed by atoms with Crippen molar-refractivity contribution < 1.29 is 27.5 Å².